The Labute approximate surface area is 202 Å². The molecule has 2 atom stereocenters. The highest BCUT2D eigenvalue weighted by atomic mass is 32.2. The van der Waals surface area contributed by atoms with Crippen LogP contribution in [0.3, 0.4) is 0 Å². The summed E-state index contributed by atoms with van der Waals surface area (Å²) >= 11 is 1.45. The first-order valence-electron chi connectivity index (χ1n) is 11.3. The van der Waals surface area contributed by atoms with Crippen LogP contribution in [0, 0.1) is 0 Å². The van der Waals surface area contributed by atoms with E-state index in [1.807, 2.05) is 31.2 Å². The first-order valence-corrected chi connectivity index (χ1v) is 12.3. The lowest BCUT2D eigenvalue weighted by molar-refractivity contribution is -0.149. The van der Waals surface area contributed by atoms with Gasteiger partial charge in [0.1, 0.15) is 12.6 Å². The lowest BCUT2D eigenvalue weighted by Gasteiger charge is -2.25. The summed E-state index contributed by atoms with van der Waals surface area (Å²) in [5.74, 6) is -0.832. The molecule has 34 heavy (non-hydrogen) atoms. The molecule has 2 aromatic carbocycles. The van der Waals surface area contributed by atoms with Crippen LogP contribution in [-0.4, -0.2) is 71.5 Å². The standard InChI is InChI=1S/C25H28N2O6S/c1-16-27(22(15-34-16)24(29)30)23(28)10-12-32-13-11-26-25(31)33-14-21-19-8-4-2-6-17(19)18-7-3-5-9-20(18)21/h2-9,16,21-22H,10-15H2,1H3,(H,26,31)(H,29,30). The number of aliphatic carboxylic acids is 1. The highest BCUT2D eigenvalue weighted by molar-refractivity contribution is 8.00. The van der Waals surface area contributed by atoms with Gasteiger partial charge in [-0.1, -0.05) is 48.5 Å². The Morgan fingerprint density at radius 2 is 1.71 bits per heavy atom. The molecule has 1 saturated heterocycles. The third kappa shape index (κ3) is 5.20. The van der Waals surface area contributed by atoms with Crippen molar-refractivity contribution >= 4 is 29.7 Å². The molecule has 180 valence electrons. The Morgan fingerprint density at radius 3 is 2.35 bits per heavy atom. The van der Waals surface area contributed by atoms with Crippen LogP contribution in [0.25, 0.3) is 11.1 Å². The number of amides is 2. The van der Waals surface area contributed by atoms with E-state index in [4.69, 9.17) is 9.47 Å². The molecule has 1 fully saturated rings. The molecule has 0 aromatic heterocycles. The zero-order chi connectivity index (χ0) is 24.1. The Morgan fingerprint density at radius 1 is 1.06 bits per heavy atom. The van der Waals surface area contributed by atoms with Crippen molar-refractivity contribution in [3.05, 3.63) is 59.7 Å². The molecule has 0 saturated carbocycles. The minimum absolute atomic E-state index is 0.00110. The van der Waals surface area contributed by atoms with Gasteiger partial charge in [0.15, 0.2) is 0 Å². The number of hydrogen-bond acceptors (Lipinski definition) is 6. The maximum absolute atomic E-state index is 12.4. The first kappa shape index (κ1) is 24.1. The minimum atomic E-state index is -0.988. The van der Waals surface area contributed by atoms with E-state index in [1.54, 1.807) is 0 Å². The molecule has 1 aliphatic heterocycles. The number of carboxylic acids is 1. The first-order chi connectivity index (χ1) is 16.5. The topological polar surface area (TPSA) is 105 Å². The molecule has 0 radical (unpaired) electrons. The third-order valence-corrected chi connectivity index (χ3v) is 7.33. The molecule has 1 aliphatic carbocycles. The van der Waals surface area contributed by atoms with Gasteiger partial charge in [-0.25, -0.2) is 9.59 Å². The molecule has 2 unspecified atom stereocenters. The highest BCUT2D eigenvalue weighted by Crippen LogP contribution is 2.44. The fourth-order valence-corrected chi connectivity index (χ4v) is 5.67. The molecule has 2 N–H and O–H groups in total. The van der Waals surface area contributed by atoms with Gasteiger partial charge in [0.2, 0.25) is 5.91 Å². The molecule has 0 spiro atoms. The van der Waals surface area contributed by atoms with Crippen molar-refractivity contribution in [3.8, 4) is 11.1 Å². The minimum Gasteiger partial charge on any atom is -0.480 e. The molecule has 2 amide bonds. The van der Waals surface area contributed by atoms with Gasteiger partial charge in [-0.2, -0.15) is 0 Å². The predicted octanol–water partition coefficient (Wildman–Crippen LogP) is 3.31. The predicted molar refractivity (Wildman–Crippen MR) is 129 cm³/mol. The van der Waals surface area contributed by atoms with Crippen LogP contribution in [0.15, 0.2) is 48.5 Å². The van der Waals surface area contributed by atoms with Gasteiger partial charge in [-0.15, -0.1) is 11.8 Å². The van der Waals surface area contributed by atoms with Crippen LogP contribution in [0.4, 0.5) is 4.79 Å². The van der Waals surface area contributed by atoms with Gasteiger partial charge in [-0.3, -0.25) is 4.79 Å². The zero-order valence-electron chi connectivity index (χ0n) is 18.9. The molecular formula is C25H28N2O6S. The average molecular weight is 485 g/mol. The summed E-state index contributed by atoms with van der Waals surface area (Å²) in [4.78, 5) is 37.3. The van der Waals surface area contributed by atoms with E-state index in [1.165, 1.54) is 27.8 Å². The third-order valence-electron chi connectivity index (χ3n) is 6.12. The maximum atomic E-state index is 12.4. The van der Waals surface area contributed by atoms with Crippen molar-refractivity contribution in [2.45, 2.75) is 30.7 Å². The molecule has 2 aromatic rings. The van der Waals surface area contributed by atoms with E-state index < -0.39 is 18.1 Å². The fraction of sp³-hybridized carbons (Fsp3) is 0.400. The van der Waals surface area contributed by atoms with Crippen molar-refractivity contribution in [2.75, 3.05) is 32.1 Å². The number of fused-ring (bicyclic) bond motifs is 3. The lowest BCUT2D eigenvalue weighted by atomic mass is 9.98. The van der Waals surface area contributed by atoms with Gasteiger partial charge in [0.25, 0.3) is 0 Å². The summed E-state index contributed by atoms with van der Waals surface area (Å²) in [5.41, 5.74) is 4.65. The van der Waals surface area contributed by atoms with E-state index in [0.717, 1.165) is 11.1 Å². The summed E-state index contributed by atoms with van der Waals surface area (Å²) in [6.45, 7) is 2.70. The maximum Gasteiger partial charge on any atom is 0.407 e. The monoisotopic (exact) mass is 484 g/mol. The van der Waals surface area contributed by atoms with Crippen molar-refractivity contribution in [3.63, 3.8) is 0 Å². The van der Waals surface area contributed by atoms with Crippen molar-refractivity contribution in [1.29, 1.82) is 0 Å². The number of nitrogens with one attached hydrogen (secondary N) is 1. The van der Waals surface area contributed by atoms with Gasteiger partial charge >= 0.3 is 12.1 Å². The number of carbonyl (C=O) groups is 3. The van der Waals surface area contributed by atoms with Crippen molar-refractivity contribution in [1.82, 2.24) is 10.2 Å². The number of rotatable bonds is 9. The van der Waals surface area contributed by atoms with Gasteiger partial charge in [0, 0.05) is 18.2 Å². The second-order valence-corrected chi connectivity index (χ2v) is 9.55. The van der Waals surface area contributed by atoms with Gasteiger partial charge < -0.3 is 24.8 Å². The number of carboxylic acid groups (broad SMARTS) is 1. The molecule has 8 nitrogen and oxygen atoms in total. The molecule has 2 aliphatic rings. The van der Waals surface area contributed by atoms with Gasteiger partial charge in [0.05, 0.1) is 25.0 Å². The van der Waals surface area contributed by atoms with Crippen molar-refractivity contribution < 1.29 is 29.0 Å². The zero-order valence-corrected chi connectivity index (χ0v) is 19.8. The van der Waals surface area contributed by atoms with Crippen LogP contribution < -0.4 is 5.32 Å². The van der Waals surface area contributed by atoms with E-state index in [9.17, 15) is 19.5 Å². The van der Waals surface area contributed by atoms with E-state index >= 15 is 0 Å². The fourth-order valence-electron chi connectivity index (χ4n) is 4.48. The van der Waals surface area contributed by atoms with Crippen LogP contribution in [0.2, 0.25) is 0 Å². The van der Waals surface area contributed by atoms with Crippen LogP contribution >= 0.6 is 11.8 Å². The summed E-state index contributed by atoms with van der Waals surface area (Å²) in [6, 6.07) is 15.5. The lowest BCUT2D eigenvalue weighted by Crippen LogP contribution is -2.45. The van der Waals surface area contributed by atoms with Gasteiger partial charge in [-0.05, 0) is 29.2 Å². The number of ether oxygens (including phenoxy) is 2. The smallest absolute Gasteiger partial charge is 0.407 e. The molecule has 4 rings (SSSR count). The Kier molecular flexibility index (Phi) is 7.74. The SMILES string of the molecule is CC1SCC(C(=O)O)N1C(=O)CCOCCNC(=O)OCC1c2ccccc2-c2ccccc21. The molecular weight excluding hydrogens is 456 g/mol. The number of alkyl carbamates (subject to hydrolysis) is 1. The second kappa shape index (κ2) is 10.9. The van der Waals surface area contributed by atoms with E-state index in [2.05, 4.69) is 29.6 Å². The number of benzene rings is 2. The highest BCUT2D eigenvalue weighted by Gasteiger charge is 2.39. The number of thioether (sulfide) groups is 1. The number of hydrogen-bond donors (Lipinski definition) is 2. The molecule has 9 heteroatoms. The Bertz CT molecular complexity index is 1020. The Hall–Kier alpha value is -3.04. The van der Waals surface area contributed by atoms with Crippen LogP contribution in [-0.2, 0) is 19.1 Å². The van der Waals surface area contributed by atoms with Crippen molar-refractivity contribution in [2.24, 2.45) is 0 Å². The summed E-state index contributed by atoms with van der Waals surface area (Å²) in [5, 5.41) is 11.8. The second-order valence-electron chi connectivity index (χ2n) is 8.20. The molecule has 0 bridgehead atoms. The molecule has 1 heterocycles. The van der Waals surface area contributed by atoms with Crippen LogP contribution in [0.1, 0.15) is 30.4 Å². The number of carbonyl (C=O) groups excluding carboxylic acids is 2. The normalized spacial score (nSPS) is 18.9. The average Bonchev–Trinajstić information content (AvgIpc) is 3.38. The quantitative estimate of drug-likeness (QED) is 0.526. The van der Waals surface area contributed by atoms with E-state index in [-0.39, 0.29) is 50.0 Å². The van der Waals surface area contributed by atoms with E-state index in [0.29, 0.717) is 5.75 Å². The summed E-state index contributed by atoms with van der Waals surface area (Å²) < 4.78 is 10.9. The summed E-state index contributed by atoms with van der Waals surface area (Å²) in [7, 11) is 0. The number of nitrogens with zero attached hydrogens (tertiary/aromatic N) is 1. The Balaban J connectivity index is 1.16. The van der Waals surface area contributed by atoms with Crippen LogP contribution in [0.5, 0.6) is 0 Å². The largest absolute Gasteiger partial charge is 0.480 e. The summed E-state index contributed by atoms with van der Waals surface area (Å²) in [6.07, 6.45) is -0.423.